The van der Waals surface area contributed by atoms with Gasteiger partial charge in [-0.25, -0.2) is 0 Å². The van der Waals surface area contributed by atoms with Crippen LogP contribution in [-0.2, 0) is 0 Å². The Morgan fingerprint density at radius 3 is 2.65 bits per heavy atom. The monoisotopic (exact) mass is 278 g/mol. The van der Waals surface area contributed by atoms with E-state index < -0.39 is 4.92 Å². The Balaban J connectivity index is 2.37. The van der Waals surface area contributed by atoms with Gasteiger partial charge in [-0.3, -0.25) is 14.9 Å². The van der Waals surface area contributed by atoms with Crippen LogP contribution in [-0.4, -0.2) is 35.0 Å². The fraction of sp³-hybridized carbons (Fsp3) is 0.500. The van der Waals surface area contributed by atoms with Crippen LogP contribution in [0.2, 0.25) is 0 Å². The summed E-state index contributed by atoms with van der Waals surface area (Å²) in [5, 5.41) is 20.1. The normalized spacial score (nSPS) is 14.7. The number of nitro benzene ring substituents is 1. The number of hydrogen-bond donors (Lipinski definition) is 1. The number of carbonyl (C=O) groups excluding carboxylic acids is 1. The smallest absolute Gasteiger partial charge is 0.280 e. The third-order valence-corrected chi connectivity index (χ3v) is 3.74. The maximum absolute atomic E-state index is 11.6. The zero-order chi connectivity index (χ0) is 14.7. The number of anilines is 1. The molecule has 1 aliphatic rings. The molecule has 0 saturated heterocycles. The highest BCUT2D eigenvalue weighted by atomic mass is 16.6. The SMILES string of the molecule is CC(=O)c1cc(N(CCO)C2CCC2)ccc1[N+](=O)[O-]. The molecule has 1 N–H and O–H groups in total. The summed E-state index contributed by atoms with van der Waals surface area (Å²) in [5.41, 5.74) is 0.716. The van der Waals surface area contributed by atoms with Crippen LogP contribution in [0, 0.1) is 10.1 Å². The Kier molecular flexibility index (Phi) is 4.34. The summed E-state index contributed by atoms with van der Waals surface area (Å²) >= 11 is 0. The van der Waals surface area contributed by atoms with Gasteiger partial charge in [0, 0.05) is 24.3 Å². The van der Waals surface area contributed by atoms with Gasteiger partial charge in [0.1, 0.15) is 0 Å². The van der Waals surface area contributed by atoms with E-state index >= 15 is 0 Å². The maximum atomic E-state index is 11.6. The first-order chi connectivity index (χ1) is 9.54. The van der Waals surface area contributed by atoms with Gasteiger partial charge in [-0.15, -0.1) is 0 Å². The van der Waals surface area contributed by atoms with Crippen molar-refractivity contribution in [1.82, 2.24) is 0 Å². The van der Waals surface area contributed by atoms with Crippen molar-refractivity contribution in [3.05, 3.63) is 33.9 Å². The van der Waals surface area contributed by atoms with Crippen LogP contribution in [0.25, 0.3) is 0 Å². The fourth-order valence-corrected chi connectivity index (χ4v) is 2.47. The summed E-state index contributed by atoms with van der Waals surface area (Å²) in [4.78, 5) is 24.0. The minimum Gasteiger partial charge on any atom is -0.395 e. The molecule has 0 amide bonds. The van der Waals surface area contributed by atoms with Crippen LogP contribution >= 0.6 is 0 Å². The molecular formula is C14H18N2O4. The molecular weight excluding hydrogens is 260 g/mol. The van der Waals surface area contributed by atoms with E-state index in [1.165, 1.54) is 13.0 Å². The number of benzene rings is 1. The van der Waals surface area contributed by atoms with Gasteiger partial charge in [0.2, 0.25) is 0 Å². The molecule has 6 heteroatoms. The molecule has 1 aliphatic carbocycles. The summed E-state index contributed by atoms with van der Waals surface area (Å²) in [5.74, 6) is -0.323. The third-order valence-electron chi connectivity index (χ3n) is 3.74. The van der Waals surface area contributed by atoms with Crippen molar-refractivity contribution in [1.29, 1.82) is 0 Å². The lowest BCUT2D eigenvalue weighted by atomic mass is 9.90. The number of aliphatic hydroxyl groups excluding tert-OH is 1. The lowest BCUT2D eigenvalue weighted by Crippen LogP contribution is -2.42. The summed E-state index contributed by atoms with van der Waals surface area (Å²) < 4.78 is 0. The number of rotatable bonds is 6. The highest BCUT2D eigenvalue weighted by Gasteiger charge is 2.27. The molecule has 1 aromatic rings. The van der Waals surface area contributed by atoms with Crippen LogP contribution in [0.4, 0.5) is 11.4 Å². The Morgan fingerprint density at radius 1 is 1.50 bits per heavy atom. The predicted molar refractivity (Wildman–Crippen MR) is 75.2 cm³/mol. The van der Waals surface area contributed by atoms with E-state index in [4.69, 9.17) is 0 Å². The first-order valence-electron chi connectivity index (χ1n) is 6.71. The predicted octanol–water partition coefficient (Wildman–Crippen LogP) is 2.15. The average Bonchev–Trinajstić information content (AvgIpc) is 2.35. The number of hydrogen-bond acceptors (Lipinski definition) is 5. The van der Waals surface area contributed by atoms with E-state index in [9.17, 15) is 20.0 Å². The molecule has 20 heavy (non-hydrogen) atoms. The maximum Gasteiger partial charge on any atom is 0.280 e. The molecule has 1 saturated carbocycles. The highest BCUT2D eigenvalue weighted by molar-refractivity contribution is 5.99. The Morgan fingerprint density at radius 2 is 2.20 bits per heavy atom. The van der Waals surface area contributed by atoms with Gasteiger partial charge in [-0.1, -0.05) is 0 Å². The summed E-state index contributed by atoms with van der Waals surface area (Å²) in [6, 6.07) is 4.94. The summed E-state index contributed by atoms with van der Waals surface area (Å²) in [6.45, 7) is 1.81. The molecule has 1 fully saturated rings. The Labute approximate surface area is 117 Å². The molecule has 0 atom stereocenters. The largest absolute Gasteiger partial charge is 0.395 e. The minimum absolute atomic E-state index is 0.0168. The van der Waals surface area contributed by atoms with Gasteiger partial charge in [-0.05, 0) is 38.3 Å². The van der Waals surface area contributed by atoms with E-state index in [1.807, 2.05) is 4.90 Å². The van der Waals surface area contributed by atoms with Crippen molar-refractivity contribution >= 4 is 17.2 Å². The van der Waals surface area contributed by atoms with Crippen LogP contribution < -0.4 is 4.90 Å². The lowest BCUT2D eigenvalue weighted by Gasteiger charge is -2.39. The lowest BCUT2D eigenvalue weighted by molar-refractivity contribution is -0.385. The molecule has 108 valence electrons. The van der Waals surface area contributed by atoms with Crippen LogP contribution in [0.5, 0.6) is 0 Å². The van der Waals surface area contributed by atoms with Gasteiger partial charge in [0.15, 0.2) is 5.78 Å². The second kappa shape index (κ2) is 6.00. The van der Waals surface area contributed by atoms with E-state index in [0.29, 0.717) is 12.6 Å². The number of nitro groups is 1. The van der Waals surface area contributed by atoms with E-state index in [0.717, 1.165) is 24.9 Å². The van der Waals surface area contributed by atoms with Crippen molar-refractivity contribution in [2.75, 3.05) is 18.1 Å². The van der Waals surface area contributed by atoms with E-state index in [2.05, 4.69) is 0 Å². The summed E-state index contributed by atoms with van der Waals surface area (Å²) in [6.07, 6.45) is 3.25. The number of carbonyl (C=O) groups is 1. The fourth-order valence-electron chi connectivity index (χ4n) is 2.47. The molecule has 2 rings (SSSR count). The van der Waals surface area contributed by atoms with Gasteiger partial charge in [0.25, 0.3) is 5.69 Å². The summed E-state index contributed by atoms with van der Waals surface area (Å²) in [7, 11) is 0. The van der Waals surface area contributed by atoms with Gasteiger partial charge in [-0.2, -0.15) is 0 Å². The van der Waals surface area contributed by atoms with Gasteiger partial charge >= 0.3 is 0 Å². The molecule has 0 unspecified atom stereocenters. The Hall–Kier alpha value is -1.95. The number of nitrogens with zero attached hydrogens (tertiary/aromatic N) is 2. The van der Waals surface area contributed by atoms with Gasteiger partial charge < -0.3 is 10.0 Å². The van der Waals surface area contributed by atoms with Crippen molar-refractivity contribution < 1.29 is 14.8 Å². The van der Waals surface area contributed by atoms with E-state index in [1.54, 1.807) is 12.1 Å². The molecule has 0 aromatic heterocycles. The molecule has 0 aliphatic heterocycles. The highest BCUT2D eigenvalue weighted by Crippen LogP contribution is 2.32. The third kappa shape index (κ3) is 2.80. The molecule has 0 bridgehead atoms. The van der Waals surface area contributed by atoms with Crippen LogP contribution in [0.15, 0.2) is 18.2 Å². The average molecular weight is 278 g/mol. The molecule has 0 heterocycles. The number of Topliss-reactive ketones (excluding diaryl/α,β-unsaturated/α-hetero) is 1. The Bertz CT molecular complexity index is 526. The van der Waals surface area contributed by atoms with Crippen molar-refractivity contribution in [3.8, 4) is 0 Å². The molecule has 6 nitrogen and oxygen atoms in total. The standard InChI is InChI=1S/C14H18N2O4/c1-10(18)13-9-12(5-6-14(13)16(19)20)15(7-8-17)11-3-2-4-11/h5-6,9,11,17H,2-4,7-8H2,1H3. The zero-order valence-corrected chi connectivity index (χ0v) is 11.4. The second-order valence-electron chi connectivity index (χ2n) is 5.02. The van der Waals surface area contributed by atoms with Crippen molar-refractivity contribution in [2.24, 2.45) is 0 Å². The van der Waals surface area contributed by atoms with Crippen molar-refractivity contribution in [3.63, 3.8) is 0 Å². The first-order valence-corrected chi connectivity index (χ1v) is 6.71. The van der Waals surface area contributed by atoms with Crippen molar-refractivity contribution in [2.45, 2.75) is 32.2 Å². The molecule has 0 radical (unpaired) electrons. The van der Waals surface area contributed by atoms with E-state index in [-0.39, 0.29) is 23.6 Å². The first kappa shape index (κ1) is 14.5. The molecule has 0 spiro atoms. The minimum atomic E-state index is -0.541. The zero-order valence-electron chi connectivity index (χ0n) is 11.4. The van der Waals surface area contributed by atoms with Gasteiger partial charge in [0.05, 0.1) is 17.1 Å². The number of aliphatic hydroxyl groups is 1. The number of ketones is 1. The topological polar surface area (TPSA) is 83.7 Å². The molecule has 1 aromatic carbocycles. The van der Waals surface area contributed by atoms with Crippen LogP contribution in [0.1, 0.15) is 36.5 Å². The second-order valence-corrected chi connectivity index (χ2v) is 5.02. The quantitative estimate of drug-likeness (QED) is 0.489. The van der Waals surface area contributed by atoms with Crippen LogP contribution in [0.3, 0.4) is 0 Å².